The van der Waals surface area contributed by atoms with Crippen LogP contribution in [0.15, 0.2) is 18.3 Å². The van der Waals surface area contributed by atoms with Crippen molar-refractivity contribution in [3.63, 3.8) is 0 Å². The Kier molecular flexibility index (Phi) is 1.60. The zero-order chi connectivity index (χ0) is 5.98. The van der Waals surface area contributed by atoms with E-state index in [4.69, 9.17) is 0 Å². The topological polar surface area (TPSA) is 12.9 Å². The summed E-state index contributed by atoms with van der Waals surface area (Å²) in [6.07, 6.45) is 1.73. The van der Waals surface area contributed by atoms with E-state index in [0.717, 1.165) is 10.5 Å². The Hall–Kier alpha value is -0.416. The molecule has 0 amide bonds. The highest BCUT2D eigenvalue weighted by atomic mass is 28.2. The quantitative estimate of drug-likeness (QED) is 0.400. The van der Waals surface area contributed by atoms with E-state index in [1.807, 2.05) is 12.1 Å². The lowest BCUT2D eigenvalue weighted by molar-refractivity contribution is 1.41. The second-order valence-electron chi connectivity index (χ2n) is 1.40. The highest BCUT2D eigenvalue weighted by Gasteiger charge is 1.86. The van der Waals surface area contributed by atoms with Crippen LogP contribution in [0.5, 0.6) is 0 Å². The van der Waals surface area contributed by atoms with E-state index >= 15 is 0 Å². The standard InChI is InChI=1S/C5H3NSi2/c7-4-2-1-3-6-5(4)8/h1-3H. The van der Waals surface area contributed by atoms with Crippen LogP contribution in [-0.4, -0.2) is 25.5 Å². The Labute approximate surface area is 55.0 Å². The predicted molar refractivity (Wildman–Crippen MR) is 35.0 cm³/mol. The van der Waals surface area contributed by atoms with Gasteiger partial charge in [-0.2, -0.15) is 0 Å². The van der Waals surface area contributed by atoms with Gasteiger partial charge in [0.1, 0.15) is 0 Å². The summed E-state index contributed by atoms with van der Waals surface area (Å²) in [6.45, 7) is 0. The van der Waals surface area contributed by atoms with Gasteiger partial charge < -0.3 is 0 Å². The summed E-state index contributed by atoms with van der Waals surface area (Å²) in [7, 11) is 6.61. The highest BCUT2D eigenvalue weighted by molar-refractivity contribution is 6.47. The largest absolute Gasteiger partial charge is 0.267 e. The first-order valence-electron chi connectivity index (χ1n) is 2.19. The molecule has 0 saturated heterocycles. The van der Waals surface area contributed by atoms with E-state index in [-0.39, 0.29) is 0 Å². The molecule has 0 aliphatic heterocycles. The normalized spacial score (nSPS) is 9.25. The van der Waals surface area contributed by atoms with Crippen molar-refractivity contribution in [2.45, 2.75) is 0 Å². The van der Waals surface area contributed by atoms with Crippen LogP contribution in [0.3, 0.4) is 0 Å². The Morgan fingerprint density at radius 3 is 2.50 bits per heavy atom. The Morgan fingerprint density at radius 1 is 1.38 bits per heavy atom. The van der Waals surface area contributed by atoms with Gasteiger partial charge in [-0.05, 0) is 6.07 Å². The van der Waals surface area contributed by atoms with Gasteiger partial charge in [0.15, 0.2) is 0 Å². The van der Waals surface area contributed by atoms with E-state index in [1.54, 1.807) is 6.20 Å². The van der Waals surface area contributed by atoms with Gasteiger partial charge in [-0.15, -0.1) is 0 Å². The van der Waals surface area contributed by atoms with E-state index in [0.29, 0.717) is 0 Å². The van der Waals surface area contributed by atoms with Crippen LogP contribution in [0.4, 0.5) is 0 Å². The lowest BCUT2D eigenvalue weighted by atomic mass is 10.5. The maximum absolute atomic E-state index is 3.94. The molecule has 36 valence electrons. The minimum absolute atomic E-state index is 0.837. The van der Waals surface area contributed by atoms with Crippen LogP contribution in [0.25, 0.3) is 0 Å². The smallest absolute Gasteiger partial charge is 0.0992 e. The maximum atomic E-state index is 3.94. The van der Waals surface area contributed by atoms with E-state index in [9.17, 15) is 0 Å². The zero-order valence-corrected chi connectivity index (χ0v) is 6.18. The second-order valence-corrected chi connectivity index (χ2v) is 2.41. The molecule has 1 rings (SSSR count). The van der Waals surface area contributed by atoms with Gasteiger partial charge in [0.05, 0.1) is 20.5 Å². The molecule has 0 fully saturated rings. The fourth-order valence-corrected chi connectivity index (χ4v) is 0.724. The Balaban J connectivity index is 3.13. The summed E-state index contributed by atoms with van der Waals surface area (Å²) in [5.41, 5.74) is 0. The van der Waals surface area contributed by atoms with Crippen LogP contribution >= 0.6 is 0 Å². The predicted octanol–water partition coefficient (Wildman–Crippen LogP) is -1.33. The van der Waals surface area contributed by atoms with Gasteiger partial charge >= 0.3 is 0 Å². The molecule has 1 nitrogen and oxygen atoms in total. The first-order valence-corrected chi connectivity index (χ1v) is 3.19. The molecule has 0 aliphatic rings. The average Bonchev–Trinajstić information content (AvgIpc) is 1.77. The first-order chi connectivity index (χ1) is 3.80. The molecule has 0 N–H and O–H groups in total. The van der Waals surface area contributed by atoms with Crippen LogP contribution < -0.4 is 10.5 Å². The van der Waals surface area contributed by atoms with Crippen molar-refractivity contribution in [1.29, 1.82) is 0 Å². The SMILES string of the molecule is [Si]c1cccnc1[Si]. The van der Waals surface area contributed by atoms with Crippen LogP contribution in [-0.2, 0) is 0 Å². The second kappa shape index (κ2) is 2.23. The summed E-state index contributed by atoms with van der Waals surface area (Å²) in [6, 6.07) is 3.79. The third-order valence-electron chi connectivity index (χ3n) is 0.808. The molecule has 6 radical (unpaired) electrons. The molecule has 0 unspecified atom stereocenters. The van der Waals surface area contributed by atoms with Crippen LogP contribution in [0.2, 0.25) is 0 Å². The summed E-state index contributed by atoms with van der Waals surface area (Å²) in [5.74, 6) is 0. The molecular formula is C5H3NSi2. The van der Waals surface area contributed by atoms with Crippen LogP contribution in [0.1, 0.15) is 0 Å². The fraction of sp³-hybridized carbons (Fsp3) is 0. The summed E-state index contributed by atoms with van der Waals surface area (Å²) >= 11 is 0. The third kappa shape index (κ3) is 1.05. The monoisotopic (exact) mass is 133 g/mol. The van der Waals surface area contributed by atoms with Crippen molar-refractivity contribution >= 4 is 31.0 Å². The third-order valence-corrected chi connectivity index (χ3v) is 1.86. The lowest BCUT2D eigenvalue weighted by Crippen LogP contribution is -2.27. The summed E-state index contributed by atoms with van der Waals surface area (Å²) in [5, 5.41) is 1.81. The van der Waals surface area contributed by atoms with Crippen molar-refractivity contribution in [3.8, 4) is 0 Å². The maximum Gasteiger partial charge on any atom is 0.0992 e. The number of nitrogens with zero attached hydrogens (tertiary/aromatic N) is 1. The molecule has 3 heteroatoms. The van der Waals surface area contributed by atoms with Crippen molar-refractivity contribution in [2.75, 3.05) is 0 Å². The molecule has 1 aromatic heterocycles. The van der Waals surface area contributed by atoms with Gasteiger partial charge in [-0.3, -0.25) is 4.98 Å². The van der Waals surface area contributed by atoms with E-state index in [1.165, 1.54) is 0 Å². The summed E-state index contributed by atoms with van der Waals surface area (Å²) in [4.78, 5) is 3.94. The van der Waals surface area contributed by atoms with E-state index < -0.39 is 0 Å². The van der Waals surface area contributed by atoms with E-state index in [2.05, 4.69) is 25.5 Å². The van der Waals surface area contributed by atoms with Crippen molar-refractivity contribution in [1.82, 2.24) is 4.98 Å². The molecule has 0 spiro atoms. The number of pyridine rings is 1. The number of hydrogen-bond acceptors (Lipinski definition) is 1. The molecule has 0 aliphatic carbocycles. The van der Waals surface area contributed by atoms with Gasteiger partial charge in [-0.25, -0.2) is 0 Å². The minimum atomic E-state index is 0.837. The first kappa shape index (κ1) is 5.72. The van der Waals surface area contributed by atoms with Gasteiger partial charge in [0, 0.05) is 11.5 Å². The Morgan fingerprint density at radius 2 is 2.12 bits per heavy atom. The molecule has 0 atom stereocenters. The molecule has 0 aromatic carbocycles. The molecule has 0 saturated carbocycles. The van der Waals surface area contributed by atoms with Crippen LogP contribution in [0, 0.1) is 0 Å². The number of hydrogen-bond donors (Lipinski definition) is 0. The lowest BCUT2D eigenvalue weighted by Gasteiger charge is -1.92. The van der Waals surface area contributed by atoms with Gasteiger partial charge in [0.2, 0.25) is 0 Å². The van der Waals surface area contributed by atoms with Crippen molar-refractivity contribution in [3.05, 3.63) is 18.3 Å². The zero-order valence-electron chi connectivity index (χ0n) is 4.18. The molecule has 1 aromatic rings. The molecule has 8 heavy (non-hydrogen) atoms. The highest BCUT2D eigenvalue weighted by Crippen LogP contribution is 1.67. The Bertz CT molecular complexity index is 167. The van der Waals surface area contributed by atoms with Crippen molar-refractivity contribution in [2.24, 2.45) is 0 Å². The van der Waals surface area contributed by atoms with Gasteiger partial charge in [0.25, 0.3) is 0 Å². The van der Waals surface area contributed by atoms with Crippen molar-refractivity contribution < 1.29 is 0 Å². The number of rotatable bonds is 0. The average molecular weight is 133 g/mol. The van der Waals surface area contributed by atoms with Gasteiger partial charge in [-0.1, -0.05) is 11.3 Å². The minimum Gasteiger partial charge on any atom is -0.267 e. The summed E-state index contributed by atoms with van der Waals surface area (Å²) < 4.78 is 0. The molecule has 1 heterocycles. The molecular weight excluding hydrogens is 130 g/mol. The number of aromatic nitrogens is 1. The molecule has 0 bridgehead atoms. The fourth-order valence-electron chi connectivity index (χ4n) is 0.405.